The van der Waals surface area contributed by atoms with E-state index in [1.54, 1.807) is 0 Å². The molecule has 20 heavy (non-hydrogen) atoms. The zero-order valence-electron chi connectivity index (χ0n) is 12.9. The van der Waals surface area contributed by atoms with E-state index in [1.165, 1.54) is 32.0 Å². The molecular formula is C15H25ClN4. The van der Waals surface area contributed by atoms with Crippen molar-refractivity contribution in [2.45, 2.75) is 45.1 Å². The molecular weight excluding hydrogens is 272 g/mol. The maximum atomic E-state index is 6.05. The third-order valence-electron chi connectivity index (χ3n) is 4.62. The number of aromatic nitrogens is 2. The second kappa shape index (κ2) is 6.27. The Labute approximate surface area is 126 Å². The van der Waals surface area contributed by atoms with Crippen molar-refractivity contribution in [1.29, 1.82) is 0 Å². The van der Waals surface area contributed by atoms with Gasteiger partial charge in [0.1, 0.15) is 17.3 Å². The Kier molecular flexibility index (Phi) is 4.86. The van der Waals surface area contributed by atoms with E-state index in [1.807, 2.05) is 6.92 Å². The van der Waals surface area contributed by atoms with Crippen LogP contribution in [-0.2, 0) is 0 Å². The molecule has 1 aromatic heterocycles. The lowest BCUT2D eigenvalue weighted by Gasteiger charge is -2.45. The van der Waals surface area contributed by atoms with Crippen molar-refractivity contribution < 1.29 is 0 Å². The van der Waals surface area contributed by atoms with Crippen LogP contribution < -0.4 is 5.32 Å². The quantitative estimate of drug-likeness (QED) is 0.865. The number of nitrogens with zero attached hydrogens (tertiary/aromatic N) is 3. The van der Waals surface area contributed by atoms with E-state index in [0.29, 0.717) is 5.15 Å². The van der Waals surface area contributed by atoms with Crippen LogP contribution in [0.1, 0.15) is 38.2 Å². The molecule has 0 amide bonds. The minimum atomic E-state index is 0.210. The fourth-order valence-electron chi connectivity index (χ4n) is 3.21. The predicted octanol–water partition coefficient (Wildman–Crippen LogP) is 3.36. The van der Waals surface area contributed by atoms with E-state index in [9.17, 15) is 0 Å². The van der Waals surface area contributed by atoms with Gasteiger partial charge in [-0.25, -0.2) is 9.97 Å². The monoisotopic (exact) mass is 296 g/mol. The van der Waals surface area contributed by atoms with Crippen LogP contribution in [0.5, 0.6) is 0 Å². The molecule has 2 rings (SSSR count). The Morgan fingerprint density at radius 1 is 1.45 bits per heavy atom. The van der Waals surface area contributed by atoms with Gasteiger partial charge < -0.3 is 10.2 Å². The molecule has 0 radical (unpaired) electrons. The first-order valence-corrected chi connectivity index (χ1v) is 7.71. The summed E-state index contributed by atoms with van der Waals surface area (Å²) in [6.45, 7) is 5.21. The highest BCUT2D eigenvalue weighted by atomic mass is 35.5. The number of anilines is 1. The summed E-state index contributed by atoms with van der Waals surface area (Å²) in [5.74, 6) is 1.63. The third-order valence-corrected chi connectivity index (χ3v) is 5.00. The fraction of sp³-hybridized carbons (Fsp3) is 0.733. The van der Waals surface area contributed by atoms with Crippen LogP contribution in [-0.4, -0.2) is 41.0 Å². The molecule has 1 fully saturated rings. The van der Waals surface area contributed by atoms with Gasteiger partial charge in [-0.1, -0.05) is 31.4 Å². The molecule has 1 heterocycles. The van der Waals surface area contributed by atoms with Crippen LogP contribution in [0.3, 0.4) is 0 Å². The lowest BCUT2D eigenvalue weighted by Crippen LogP contribution is -2.52. The molecule has 1 N–H and O–H groups in total. The number of hydrogen-bond donors (Lipinski definition) is 1. The second-order valence-electron chi connectivity index (χ2n) is 6.31. The van der Waals surface area contributed by atoms with E-state index in [4.69, 9.17) is 11.6 Å². The van der Waals surface area contributed by atoms with Gasteiger partial charge in [-0.05, 0) is 39.8 Å². The third kappa shape index (κ3) is 3.23. The van der Waals surface area contributed by atoms with Gasteiger partial charge in [-0.15, -0.1) is 0 Å². The van der Waals surface area contributed by atoms with Crippen LogP contribution in [0.25, 0.3) is 0 Å². The first-order valence-electron chi connectivity index (χ1n) is 7.33. The number of halogens is 1. The van der Waals surface area contributed by atoms with Gasteiger partial charge in [0.2, 0.25) is 0 Å². The van der Waals surface area contributed by atoms with Crippen LogP contribution in [0.15, 0.2) is 6.33 Å². The van der Waals surface area contributed by atoms with Crippen molar-refractivity contribution in [3.63, 3.8) is 0 Å². The molecule has 1 saturated carbocycles. The summed E-state index contributed by atoms with van der Waals surface area (Å²) in [6, 6.07) is 0. The van der Waals surface area contributed by atoms with Crippen LogP contribution in [0.2, 0.25) is 5.15 Å². The summed E-state index contributed by atoms with van der Waals surface area (Å²) in [7, 11) is 4.36. The van der Waals surface area contributed by atoms with Gasteiger partial charge in [0.05, 0.1) is 0 Å². The van der Waals surface area contributed by atoms with Crippen molar-refractivity contribution in [3.05, 3.63) is 17.0 Å². The highest BCUT2D eigenvalue weighted by Gasteiger charge is 2.36. The van der Waals surface area contributed by atoms with Crippen molar-refractivity contribution in [2.75, 3.05) is 26.0 Å². The second-order valence-corrected chi connectivity index (χ2v) is 6.67. The minimum absolute atomic E-state index is 0.210. The van der Waals surface area contributed by atoms with Gasteiger partial charge >= 0.3 is 0 Å². The molecule has 0 spiro atoms. The van der Waals surface area contributed by atoms with Gasteiger partial charge in [0.25, 0.3) is 0 Å². The number of likely N-dealkylation sites (N-methyl/N-ethyl adjacent to an activating group) is 1. The fourth-order valence-corrected chi connectivity index (χ4v) is 3.35. The Bertz CT molecular complexity index is 463. The van der Waals surface area contributed by atoms with Gasteiger partial charge in [0.15, 0.2) is 0 Å². The van der Waals surface area contributed by atoms with Crippen LogP contribution >= 0.6 is 11.6 Å². The van der Waals surface area contributed by atoms with Crippen molar-refractivity contribution in [3.8, 4) is 0 Å². The summed E-state index contributed by atoms with van der Waals surface area (Å²) in [5.41, 5.74) is 1.13. The Hall–Kier alpha value is -0.870. The lowest BCUT2D eigenvalue weighted by molar-refractivity contribution is 0.0881. The average molecular weight is 297 g/mol. The molecule has 1 aliphatic rings. The van der Waals surface area contributed by atoms with E-state index in [2.05, 4.69) is 41.2 Å². The summed E-state index contributed by atoms with van der Waals surface area (Å²) in [6.07, 6.45) is 6.61. The van der Waals surface area contributed by atoms with Crippen LogP contribution in [0.4, 0.5) is 5.82 Å². The molecule has 112 valence electrons. The lowest BCUT2D eigenvalue weighted by atomic mass is 9.75. The van der Waals surface area contributed by atoms with E-state index >= 15 is 0 Å². The Morgan fingerprint density at radius 3 is 2.85 bits per heavy atom. The molecule has 2 unspecified atom stereocenters. The van der Waals surface area contributed by atoms with Crippen molar-refractivity contribution >= 4 is 17.4 Å². The Morgan fingerprint density at radius 2 is 2.20 bits per heavy atom. The molecule has 1 aliphatic carbocycles. The molecule has 5 heteroatoms. The highest BCUT2D eigenvalue weighted by Crippen LogP contribution is 2.36. The van der Waals surface area contributed by atoms with Crippen LogP contribution in [0, 0.1) is 12.8 Å². The SMILES string of the molecule is Cc1c(Cl)ncnc1NCC1(N(C)C)CCCC(C)C1. The normalized spacial score (nSPS) is 26.8. The number of rotatable bonds is 4. The molecule has 2 atom stereocenters. The van der Waals surface area contributed by atoms with Gasteiger partial charge in [-0.3, -0.25) is 0 Å². The predicted molar refractivity (Wildman–Crippen MR) is 84.3 cm³/mol. The molecule has 0 saturated heterocycles. The van der Waals surface area contributed by atoms with Gasteiger partial charge in [0, 0.05) is 17.6 Å². The molecule has 0 bridgehead atoms. The number of nitrogens with one attached hydrogen (secondary N) is 1. The summed E-state index contributed by atoms with van der Waals surface area (Å²) in [4.78, 5) is 10.7. The largest absolute Gasteiger partial charge is 0.368 e. The molecule has 0 aliphatic heterocycles. The molecule has 0 aromatic carbocycles. The zero-order chi connectivity index (χ0) is 14.8. The average Bonchev–Trinajstić information content (AvgIpc) is 2.40. The van der Waals surface area contributed by atoms with E-state index in [0.717, 1.165) is 23.8 Å². The summed E-state index contributed by atoms with van der Waals surface area (Å²) >= 11 is 6.05. The maximum Gasteiger partial charge on any atom is 0.137 e. The van der Waals surface area contributed by atoms with Gasteiger partial charge in [-0.2, -0.15) is 0 Å². The number of hydrogen-bond acceptors (Lipinski definition) is 4. The molecule has 1 aromatic rings. The topological polar surface area (TPSA) is 41.1 Å². The molecule has 4 nitrogen and oxygen atoms in total. The maximum absolute atomic E-state index is 6.05. The Balaban J connectivity index is 2.11. The minimum Gasteiger partial charge on any atom is -0.368 e. The summed E-state index contributed by atoms with van der Waals surface area (Å²) in [5, 5.41) is 4.02. The zero-order valence-corrected chi connectivity index (χ0v) is 13.7. The standard InChI is InChI=1S/C15H25ClN4/c1-11-6-5-7-15(8-11,20(3)4)9-17-14-12(2)13(16)18-10-19-14/h10-11H,5-9H2,1-4H3,(H,17,18,19). The first-order chi connectivity index (χ1) is 9.44. The first kappa shape index (κ1) is 15.5. The van der Waals surface area contributed by atoms with E-state index < -0.39 is 0 Å². The highest BCUT2D eigenvalue weighted by molar-refractivity contribution is 6.30. The summed E-state index contributed by atoms with van der Waals surface area (Å²) < 4.78 is 0. The van der Waals surface area contributed by atoms with Crippen molar-refractivity contribution in [1.82, 2.24) is 14.9 Å². The smallest absolute Gasteiger partial charge is 0.137 e. The van der Waals surface area contributed by atoms with E-state index in [-0.39, 0.29) is 5.54 Å². The van der Waals surface area contributed by atoms with Crippen molar-refractivity contribution in [2.24, 2.45) is 5.92 Å².